The van der Waals surface area contributed by atoms with E-state index in [4.69, 9.17) is 16.3 Å². The predicted molar refractivity (Wildman–Crippen MR) is 82.4 cm³/mol. The van der Waals surface area contributed by atoms with E-state index in [1.54, 1.807) is 11.3 Å². The van der Waals surface area contributed by atoms with Crippen molar-refractivity contribution in [3.63, 3.8) is 0 Å². The second kappa shape index (κ2) is 7.60. The lowest BCUT2D eigenvalue weighted by molar-refractivity contribution is -0.0382. The standard InChI is InChI=1S/C14H23ClN2OS/c1-3-6-16-12(9-11-4-5-14(15)19-11)13-10-17(2)7-8-18-13/h4-5,12-13,16H,3,6-10H2,1-2H3. The Morgan fingerprint density at radius 3 is 3.05 bits per heavy atom. The molecular formula is C14H23ClN2OS. The molecule has 0 saturated carbocycles. The van der Waals surface area contributed by atoms with E-state index in [-0.39, 0.29) is 6.10 Å². The average molecular weight is 303 g/mol. The third-order valence-electron chi connectivity index (χ3n) is 3.45. The molecule has 1 aromatic heterocycles. The van der Waals surface area contributed by atoms with Gasteiger partial charge in [-0.15, -0.1) is 11.3 Å². The minimum absolute atomic E-state index is 0.270. The molecule has 1 saturated heterocycles. The van der Waals surface area contributed by atoms with Crippen molar-refractivity contribution in [3.8, 4) is 0 Å². The molecule has 0 radical (unpaired) electrons. The number of ether oxygens (including phenoxy) is 1. The number of thiophene rings is 1. The van der Waals surface area contributed by atoms with Crippen LogP contribution in [0.25, 0.3) is 0 Å². The van der Waals surface area contributed by atoms with Crippen LogP contribution >= 0.6 is 22.9 Å². The van der Waals surface area contributed by atoms with Gasteiger partial charge in [-0.1, -0.05) is 18.5 Å². The molecule has 2 atom stereocenters. The van der Waals surface area contributed by atoms with Crippen LogP contribution in [-0.4, -0.2) is 50.3 Å². The van der Waals surface area contributed by atoms with Gasteiger partial charge in [-0.05, 0) is 38.6 Å². The lowest BCUT2D eigenvalue weighted by atomic mass is 10.0. The minimum atomic E-state index is 0.270. The second-order valence-corrected chi connectivity index (χ2v) is 6.94. The van der Waals surface area contributed by atoms with Gasteiger partial charge in [0, 0.05) is 24.0 Å². The summed E-state index contributed by atoms with van der Waals surface area (Å²) in [5, 5.41) is 3.63. The highest BCUT2D eigenvalue weighted by Gasteiger charge is 2.26. The maximum Gasteiger partial charge on any atom is 0.0931 e. The molecule has 0 spiro atoms. The molecule has 0 amide bonds. The summed E-state index contributed by atoms with van der Waals surface area (Å²) in [6, 6.07) is 4.48. The number of nitrogens with zero attached hydrogens (tertiary/aromatic N) is 1. The van der Waals surface area contributed by atoms with E-state index in [0.29, 0.717) is 6.04 Å². The van der Waals surface area contributed by atoms with Gasteiger partial charge in [0.2, 0.25) is 0 Å². The summed E-state index contributed by atoms with van der Waals surface area (Å²) in [6.07, 6.45) is 2.41. The van der Waals surface area contributed by atoms with Crippen LogP contribution in [0.3, 0.4) is 0 Å². The summed E-state index contributed by atoms with van der Waals surface area (Å²) >= 11 is 7.69. The van der Waals surface area contributed by atoms with E-state index in [0.717, 1.165) is 43.4 Å². The topological polar surface area (TPSA) is 24.5 Å². The lowest BCUT2D eigenvalue weighted by Crippen LogP contribution is -2.52. The van der Waals surface area contributed by atoms with Crippen LogP contribution in [0, 0.1) is 0 Å². The third-order valence-corrected chi connectivity index (χ3v) is 4.71. The molecule has 0 bridgehead atoms. The number of rotatable bonds is 6. The number of nitrogens with one attached hydrogen (secondary N) is 1. The Kier molecular flexibility index (Phi) is 6.10. The molecule has 2 heterocycles. The molecular weight excluding hydrogens is 280 g/mol. The maximum absolute atomic E-state index is 6.02. The Balaban J connectivity index is 1.97. The van der Waals surface area contributed by atoms with Crippen molar-refractivity contribution in [2.24, 2.45) is 0 Å². The summed E-state index contributed by atoms with van der Waals surface area (Å²) in [6.45, 7) is 6.09. The van der Waals surface area contributed by atoms with Gasteiger partial charge in [-0.3, -0.25) is 0 Å². The van der Waals surface area contributed by atoms with E-state index < -0.39 is 0 Å². The first-order chi connectivity index (χ1) is 9.19. The molecule has 1 aromatic rings. The fourth-order valence-electron chi connectivity index (χ4n) is 2.40. The molecule has 3 nitrogen and oxygen atoms in total. The average Bonchev–Trinajstić information content (AvgIpc) is 2.80. The fraction of sp³-hybridized carbons (Fsp3) is 0.714. The SMILES string of the molecule is CCCNC(Cc1ccc(Cl)s1)C1CN(C)CCO1. The highest BCUT2D eigenvalue weighted by Crippen LogP contribution is 2.24. The molecule has 1 aliphatic heterocycles. The Labute approximate surface area is 124 Å². The number of hydrogen-bond donors (Lipinski definition) is 1. The molecule has 1 aliphatic rings. The molecule has 1 fully saturated rings. The van der Waals surface area contributed by atoms with E-state index in [1.165, 1.54) is 4.88 Å². The van der Waals surface area contributed by atoms with Crippen molar-refractivity contribution in [3.05, 3.63) is 21.3 Å². The number of halogens is 1. The van der Waals surface area contributed by atoms with Crippen LogP contribution < -0.4 is 5.32 Å². The summed E-state index contributed by atoms with van der Waals surface area (Å²) in [5.74, 6) is 0. The molecule has 5 heteroatoms. The normalized spacial score (nSPS) is 22.6. The fourth-order valence-corrected chi connectivity index (χ4v) is 3.54. The first-order valence-electron chi connectivity index (χ1n) is 6.96. The molecule has 1 N–H and O–H groups in total. The zero-order valence-electron chi connectivity index (χ0n) is 11.7. The molecule has 0 aliphatic carbocycles. The highest BCUT2D eigenvalue weighted by molar-refractivity contribution is 7.16. The van der Waals surface area contributed by atoms with Gasteiger partial charge in [-0.25, -0.2) is 0 Å². The monoisotopic (exact) mass is 302 g/mol. The van der Waals surface area contributed by atoms with Gasteiger partial charge in [0.25, 0.3) is 0 Å². The van der Waals surface area contributed by atoms with Gasteiger partial charge in [0.05, 0.1) is 17.0 Å². The van der Waals surface area contributed by atoms with Gasteiger partial charge in [-0.2, -0.15) is 0 Å². The molecule has 2 rings (SSSR count). The van der Waals surface area contributed by atoms with Gasteiger partial charge < -0.3 is 15.0 Å². The molecule has 19 heavy (non-hydrogen) atoms. The predicted octanol–water partition coefficient (Wildman–Crippen LogP) is 2.64. The zero-order valence-corrected chi connectivity index (χ0v) is 13.3. The largest absolute Gasteiger partial charge is 0.374 e. The quantitative estimate of drug-likeness (QED) is 0.874. The molecule has 0 aromatic carbocycles. The third kappa shape index (κ3) is 4.72. The van der Waals surface area contributed by atoms with Crippen LogP contribution in [0.15, 0.2) is 12.1 Å². The van der Waals surface area contributed by atoms with Gasteiger partial charge in [0.15, 0.2) is 0 Å². The maximum atomic E-state index is 6.02. The van der Waals surface area contributed by atoms with E-state index in [2.05, 4.69) is 30.3 Å². The van der Waals surface area contributed by atoms with Crippen molar-refractivity contribution < 1.29 is 4.74 Å². The summed E-state index contributed by atoms with van der Waals surface area (Å²) < 4.78 is 6.82. The van der Waals surface area contributed by atoms with Crippen molar-refractivity contribution in [1.29, 1.82) is 0 Å². The molecule has 108 valence electrons. The minimum Gasteiger partial charge on any atom is -0.374 e. The van der Waals surface area contributed by atoms with Gasteiger partial charge >= 0.3 is 0 Å². The number of likely N-dealkylation sites (N-methyl/N-ethyl adjacent to an activating group) is 1. The Bertz CT molecular complexity index is 385. The van der Waals surface area contributed by atoms with Crippen molar-refractivity contribution >= 4 is 22.9 Å². The van der Waals surface area contributed by atoms with Crippen molar-refractivity contribution in [2.75, 3.05) is 33.3 Å². The van der Waals surface area contributed by atoms with Gasteiger partial charge in [0.1, 0.15) is 0 Å². The first-order valence-corrected chi connectivity index (χ1v) is 8.16. The second-order valence-electron chi connectivity index (χ2n) is 5.14. The van der Waals surface area contributed by atoms with E-state index in [1.807, 2.05) is 6.07 Å². The highest BCUT2D eigenvalue weighted by atomic mass is 35.5. The van der Waals surface area contributed by atoms with Crippen LogP contribution in [0.5, 0.6) is 0 Å². The number of morpholine rings is 1. The lowest BCUT2D eigenvalue weighted by Gasteiger charge is -2.35. The van der Waals surface area contributed by atoms with Crippen molar-refractivity contribution in [1.82, 2.24) is 10.2 Å². The zero-order chi connectivity index (χ0) is 13.7. The first kappa shape index (κ1) is 15.3. The smallest absolute Gasteiger partial charge is 0.0931 e. The Morgan fingerprint density at radius 2 is 2.42 bits per heavy atom. The molecule has 2 unspecified atom stereocenters. The van der Waals surface area contributed by atoms with Crippen LogP contribution in [-0.2, 0) is 11.2 Å². The van der Waals surface area contributed by atoms with E-state index in [9.17, 15) is 0 Å². The van der Waals surface area contributed by atoms with Crippen LogP contribution in [0.2, 0.25) is 4.34 Å². The van der Waals surface area contributed by atoms with Crippen LogP contribution in [0.1, 0.15) is 18.2 Å². The van der Waals surface area contributed by atoms with E-state index >= 15 is 0 Å². The summed E-state index contributed by atoms with van der Waals surface area (Å²) in [5.41, 5.74) is 0. The summed E-state index contributed by atoms with van der Waals surface area (Å²) in [4.78, 5) is 3.67. The Morgan fingerprint density at radius 1 is 1.58 bits per heavy atom. The summed E-state index contributed by atoms with van der Waals surface area (Å²) in [7, 11) is 2.16. The Hall–Kier alpha value is -0.130. The number of hydrogen-bond acceptors (Lipinski definition) is 4. The van der Waals surface area contributed by atoms with Crippen LogP contribution in [0.4, 0.5) is 0 Å². The van der Waals surface area contributed by atoms with Crippen molar-refractivity contribution in [2.45, 2.75) is 31.9 Å².